The standard InChI is InChI=1S/C29H35Cl2N4O4.2ClH/c1-3-32-11-12-33(21-32)20-29(27-9-4-23(30)18-28(27)31)38-17-10-26(39-29)19-37-25-7-5-24(6-8-25)35-15-13-34(14-16-35)22(2)36;;/h4-9,11-12,18,21,26H,3,10,13-17,19-20H2,1-2H3;2*1H/q+1;;/p-1/t26-,29-;;/m0../s1. The summed E-state index contributed by atoms with van der Waals surface area (Å²) in [5.41, 5.74) is 1.87. The average molecular weight is 646 g/mol. The van der Waals surface area contributed by atoms with Crippen molar-refractivity contribution in [3.63, 3.8) is 0 Å². The zero-order valence-corrected chi connectivity index (χ0v) is 26.3. The number of ether oxygens (including phenoxy) is 3. The third kappa shape index (κ3) is 8.00. The Hall–Kier alpha value is -2.20. The van der Waals surface area contributed by atoms with Gasteiger partial charge in [-0.05, 0) is 43.3 Å². The maximum absolute atomic E-state index is 11.6. The van der Waals surface area contributed by atoms with Gasteiger partial charge >= 0.3 is 0 Å². The van der Waals surface area contributed by atoms with Gasteiger partial charge in [0.15, 0.2) is 0 Å². The van der Waals surface area contributed by atoms with Crippen LogP contribution in [0.15, 0.2) is 61.2 Å². The van der Waals surface area contributed by atoms with E-state index in [2.05, 4.69) is 28.5 Å². The molecule has 2 saturated heterocycles. The van der Waals surface area contributed by atoms with Crippen LogP contribution in [-0.2, 0) is 33.1 Å². The van der Waals surface area contributed by atoms with Crippen LogP contribution in [-0.4, -0.2) is 60.9 Å². The van der Waals surface area contributed by atoms with Crippen molar-refractivity contribution in [3.05, 3.63) is 76.8 Å². The highest BCUT2D eigenvalue weighted by molar-refractivity contribution is 6.35. The molecule has 0 spiro atoms. The number of hydrogen-bond donors (Lipinski definition) is 0. The van der Waals surface area contributed by atoms with Crippen LogP contribution in [0.3, 0.4) is 0 Å². The molecule has 5 rings (SSSR count). The molecule has 224 valence electrons. The minimum Gasteiger partial charge on any atom is -1.00 e. The molecule has 1 aromatic heterocycles. The number of nitrogens with zero attached hydrogens (tertiary/aromatic N) is 4. The van der Waals surface area contributed by atoms with Crippen LogP contribution in [0.4, 0.5) is 5.69 Å². The minimum absolute atomic E-state index is 0. The molecule has 2 aliphatic heterocycles. The van der Waals surface area contributed by atoms with Gasteiger partial charge in [0.1, 0.15) is 31.3 Å². The van der Waals surface area contributed by atoms with Gasteiger partial charge < -0.3 is 36.4 Å². The van der Waals surface area contributed by atoms with Crippen LogP contribution in [0.5, 0.6) is 5.75 Å². The quantitative estimate of drug-likeness (QED) is 0.351. The molecule has 2 aliphatic rings. The van der Waals surface area contributed by atoms with Crippen LogP contribution in [0, 0.1) is 0 Å². The predicted molar refractivity (Wildman–Crippen MR) is 158 cm³/mol. The van der Waals surface area contributed by atoms with E-state index in [0.29, 0.717) is 36.2 Å². The molecule has 12 heteroatoms. The molecule has 3 heterocycles. The second kappa shape index (κ2) is 14.8. The first-order valence-electron chi connectivity index (χ1n) is 13.4. The molecule has 2 fully saturated rings. The topological polar surface area (TPSA) is 60.0 Å². The lowest BCUT2D eigenvalue weighted by Gasteiger charge is -2.40. The lowest BCUT2D eigenvalue weighted by molar-refractivity contribution is -0.725. The average Bonchev–Trinajstić information content (AvgIpc) is 3.39. The SMILES string of the molecule is CCn1cc[n+](C[C@]2(c3ccc(Cl)cc3Cl)OCC[C@@H](COc3ccc(N4CCN(C(C)=O)CC4)cc3)O2)c1.Cl.[Cl-]. The summed E-state index contributed by atoms with van der Waals surface area (Å²) in [5.74, 6) is -0.167. The second-order valence-corrected chi connectivity index (χ2v) is 10.8. The van der Waals surface area contributed by atoms with E-state index in [4.69, 9.17) is 37.4 Å². The smallest absolute Gasteiger partial charge is 0.243 e. The van der Waals surface area contributed by atoms with Crippen LogP contribution in [0.2, 0.25) is 10.0 Å². The Kier molecular flexibility index (Phi) is 12.0. The number of aromatic nitrogens is 2. The van der Waals surface area contributed by atoms with E-state index in [0.717, 1.165) is 49.7 Å². The Morgan fingerprint density at radius 3 is 2.49 bits per heavy atom. The van der Waals surface area contributed by atoms with Crippen LogP contribution < -0.4 is 26.6 Å². The monoisotopic (exact) mass is 644 g/mol. The van der Waals surface area contributed by atoms with Crippen molar-refractivity contribution < 1.29 is 36.0 Å². The third-order valence-corrected chi connectivity index (χ3v) is 7.89. The number of rotatable bonds is 8. The Bertz CT molecular complexity index is 1280. The van der Waals surface area contributed by atoms with Crippen molar-refractivity contribution >= 4 is 47.2 Å². The summed E-state index contributed by atoms with van der Waals surface area (Å²) in [6.45, 7) is 9.05. The Morgan fingerprint density at radius 1 is 1.12 bits per heavy atom. The van der Waals surface area contributed by atoms with Crippen molar-refractivity contribution in [1.29, 1.82) is 0 Å². The van der Waals surface area contributed by atoms with Gasteiger partial charge in [0, 0.05) is 55.8 Å². The van der Waals surface area contributed by atoms with E-state index in [1.807, 2.05) is 46.4 Å². The van der Waals surface area contributed by atoms with Gasteiger partial charge in [-0.2, -0.15) is 0 Å². The predicted octanol–water partition coefficient (Wildman–Crippen LogP) is 1.93. The fourth-order valence-electron chi connectivity index (χ4n) is 5.12. The normalized spacial score (nSPS) is 20.6. The van der Waals surface area contributed by atoms with Crippen LogP contribution in [0.25, 0.3) is 0 Å². The van der Waals surface area contributed by atoms with E-state index < -0.39 is 5.79 Å². The van der Waals surface area contributed by atoms with Crippen LogP contribution >= 0.6 is 35.6 Å². The summed E-state index contributed by atoms with van der Waals surface area (Å²) in [4.78, 5) is 15.8. The Morgan fingerprint density at radius 2 is 1.85 bits per heavy atom. The molecule has 0 saturated carbocycles. The van der Waals surface area contributed by atoms with E-state index in [-0.39, 0.29) is 36.8 Å². The van der Waals surface area contributed by atoms with E-state index in [1.54, 1.807) is 19.1 Å². The van der Waals surface area contributed by atoms with Gasteiger partial charge in [-0.3, -0.25) is 4.79 Å². The molecule has 1 amide bonds. The summed E-state index contributed by atoms with van der Waals surface area (Å²) < 4.78 is 23.3. The highest BCUT2D eigenvalue weighted by atomic mass is 35.5. The first-order valence-corrected chi connectivity index (χ1v) is 14.2. The Labute approximate surface area is 263 Å². The number of aryl methyl sites for hydroxylation is 1. The molecule has 2 aromatic carbocycles. The van der Waals surface area contributed by atoms with E-state index in [1.165, 1.54) is 0 Å². The molecule has 41 heavy (non-hydrogen) atoms. The molecule has 0 aliphatic carbocycles. The molecular formula is C29H36Cl4N4O4. The zero-order chi connectivity index (χ0) is 27.4. The van der Waals surface area contributed by atoms with Gasteiger partial charge in [0.25, 0.3) is 0 Å². The first kappa shape index (κ1) is 33.3. The lowest BCUT2D eigenvalue weighted by atomic mass is 10.0. The van der Waals surface area contributed by atoms with Gasteiger partial charge in [0.2, 0.25) is 18.0 Å². The van der Waals surface area contributed by atoms with Gasteiger partial charge in [-0.25, -0.2) is 9.13 Å². The first-order chi connectivity index (χ1) is 18.8. The van der Waals surface area contributed by atoms with E-state index >= 15 is 0 Å². The summed E-state index contributed by atoms with van der Waals surface area (Å²) in [7, 11) is 0. The highest BCUT2D eigenvalue weighted by Crippen LogP contribution is 2.39. The van der Waals surface area contributed by atoms with Crippen molar-refractivity contribution in [2.75, 3.05) is 44.3 Å². The molecule has 0 radical (unpaired) electrons. The van der Waals surface area contributed by atoms with Crippen molar-refractivity contribution in [2.24, 2.45) is 0 Å². The lowest BCUT2D eigenvalue weighted by Crippen LogP contribution is -3.00. The second-order valence-electron chi connectivity index (χ2n) is 9.97. The maximum Gasteiger partial charge on any atom is 0.243 e. The van der Waals surface area contributed by atoms with Crippen molar-refractivity contribution in [2.45, 2.75) is 45.2 Å². The number of imidazole rings is 1. The fourth-order valence-corrected chi connectivity index (χ4v) is 5.68. The number of piperazine rings is 1. The van der Waals surface area contributed by atoms with Crippen LogP contribution in [0.1, 0.15) is 25.8 Å². The molecule has 8 nitrogen and oxygen atoms in total. The number of hydrogen-bond acceptors (Lipinski definition) is 5. The number of halogens is 4. The summed E-state index contributed by atoms with van der Waals surface area (Å²) >= 11 is 12.9. The van der Waals surface area contributed by atoms with Gasteiger partial charge in [0.05, 0.1) is 24.3 Å². The molecular weight excluding hydrogens is 610 g/mol. The summed E-state index contributed by atoms with van der Waals surface area (Å²) in [6.07, 6.45) is 6.56. The number of anilines is 1. The summed E-state index contributed by atoms with van der Waals surface area (Å²) in [6, 6.07) is 13.5. The Balaban J connectivity index is 0.00000231. The summed E-state index contributed by atoms with van der Waals surface area (Å²) in [5, 5.41) is 1.06. The molecule has 2 atom stereocenters. The van der Waals surface area contributed by atoms with Gasteiger partial charge in [-0.15, -0.1) is 12.4 Å². The molecule has 0 bridgehead atoms. The van der Waals surface area contributed by atoms with Crippen molar-refractivity contribution in [1.82, 2.24) is 9.47 Å². The number of amides is 1. The largest absolute Gasteiger partial charge is 1.00 e. The fraction of sp³-hybridized carbons (Fsp3) is 0.448. The number of benzene rings is 2. The number of carbonyl (C=O) groups is 1. The highest BCUT2D eigenvalue weighted by Gasteiger charge is 2.44. The maximum atomic E-state index is 11.6. The zero-order valence-electron chi connectivity index (χ0n) is 23.2. The third-order valence-electron chi connectivity index (χ3n) is 7.34. The van der Waals surface area contributed by atoms with E-state index in [9.17, 15) is 4.79 Å². The van der Waals surface area contributed by atoms with Crippen molar-refractivity contribution in [3.8, 4) is 5.75 Å². The van der Waals surface area contributed by atoms with Gasteiger partial charge in [-0.1, -0.05) is 29.3 Å². The number of carbonyl (C=O) groups excluding carboxylic acids is 1. The minimum atomic E-state index is -1.08. The molecule has 0 unspecified atom stereocenters. The molecule has 0 N–H and O–H groups in total. The molecule has 3 aromatic rings.